The second-order valence-electron chi connectivity index (χ2n) is 5.43. The third-order valence-electron chi connectivity index (χ3n) is 3.73. The van der Waals surface area contributed by atoms with E-state index in [0.717, 1.165) is 22.6 Å². The van der Waals surface area contributed by atoms with Crippen LogP contribution in [0.2, 0.25) is 0 Å². The first-order valence-corrected chi connectivity index (χ1v) is 7.49. The molecule has 2 aromatic rings. The van der Waals surface area contributed by atoms with Crippen molar-refractivity contribution in [2.75, 3.05) is 0 Å². The van der Waals surface area contributed by atoms with Gasteiger partial charge in [-0.3, -0.25) is 9.59 Å². The Morgan fingerprint density at radius 1 is 1.26 bits per heavy atom. The van der Waals surface area contributed by atoms with Crippen molar-refractivity contribution >= 4 is 11.9 Å². The van der Waals surface area contributed by atoms with Gasteiger partial charge in [0.05, 0.1) is 11.4 Å². The lowest BCUT2D eigenvalue weighted by atomic mass is 10.1. The monoisotopic (exact) mass is 315 g/mol. The third kappa shape index (κ3) is 3.97. The number of nitrogens with zero attached hydrogens (tertiary/aromatic N) is 2. The van der Waals surface area contributed by atoms with Crippen molar-refractivity contribution in [2.45, 2.75) is 39.7 Å². The van der Waals surface area contributed by atoms with Gasteiger partial charge in [0.25, 0.3) is 5.91 Å². The molecular weight excluding hydrogens is 294 g/mol. The summed E-state index contributed by atoms with van der Waals surface area (Å²) in [5.74, 6) is -1.09. The average Bonchev–Trinajstić information content (AvgIpc) is 2.80. The molecule has 1 atom stereocenters. The van der Waals surface area contributed by atoms with Gasteiger partial charge in [0.1, 0.15) is 0 Å². The third-order valence-corrected chi connectivity index (χ3v) is 3.73. The van der Waals surface area contributed by atoms with Crippen molar-refractivity contribution in [1.82, 2.24) is 9.78 Å². The zero-order valence-electron chi connectivity index (χ0n) is 13.6. The molecule has 0 radical (unpaired) electrons. The highest BCUT2D eigenvalue weighted by Gasteiger charge is 2.17. The first-order valence-electron chi connectivity index (χ1n) is 7.49. The largest absolute Gasteiger partial charge is 0.453 e. The molecule has 6 nitrogen and oxygen atoms in total. The minimum absolute atomic E-state index is 0.180. The van der Waals surface area contributed by atoms with Gasteiger partial charge in [-0.15, -0.1) is 0 Å². The van der Waals surface area contributed by atoms with Crippen LogP contribution in [0.5, 0.6) is 0 Å². The van der Waals surface area contributed by atoms with Gasteiger partial charge in [0.15, 0.2) is 6.10 Å². The summed E-state index contributed by atoms with van der Waals surface area (Å²) in [6.45, 7) is 5.35. The summed E-state index contributed by atoms with van der Waals surface area (Å²) in [5.41, 5.74) is 8.93. The number of amides is 1. The fourth-order valence-corrected chi connectivity index (χ4v) is 2.40. The molecule has 0 saturated carbocycles. The number of rotatable bonds is 6. The maximum atomic E-state index is 11.8. The van der Waals surface area contributed by atoms with Gasteiger partial charge in [0, 0.05) is 12.1 Å². The van der Waals surface area contributed by atoms with Crippen molar-refractivity contribution in [3.05, 3.63) is 47.3 Å². The molecule has 0 unspecified atom stereocenters. The Hall–Kier alpha value is -2.63. The molecule has 0 spiro atoms. The van der Waals surface area contributed by atoms with E-state index in [9.17, 15) is 9.59 Å². The van der Waals surface area contributed by atoms with Crippen molar-refractivity contribution in [1.29, 1.82) is 0 Å². The smallest absolute Gasteiger partial charge is 0.306 e. The Morgan fingerprint density at radius 3 is 2.52 bits per heavy atom. The topological polar surface area (TPSA) is 87.2 Å². The summed E-state index contributed by atoms with van der Waals surface area (Å²) >= 11 is 0. The molecule has 0 aliphatic carbocycles. The second-order valence-corrected chi connectivity index (χ2v) is 5.43. The van der Waals surface area contributed by atoms with Gasteiger partial charge in [-0.1, -0.05) is 18.2 Å². The van der Waals surface area contributed by atoms with E-state index >= 15 is 0 Å². The van der Waals surface area contributed by atoms with E-state index in [1.54, 1.807) is 0 Å². The number of nitrogens with two attached hydrogens (primary N) is 1. The normalized spacial score (nSPS) is 12.0. The van der Waals surface area contributed by atoms with Crippen LogP contribution >= 0.6 is 0 Å². The highest BCUT2D eigenvalue weighted by Crippen LogP contribution is 2.19. The maximum Gasteiger partial charge on any atom is 0.306 e. The Bertz CT molecular complexity index is 707. The van der Waals surface area contributed by atoms with Gasteiger partial charge >= 0.3 is 5.97 Å². The SMILES string of the molecule is Cc1nn(-c2ccccc2)c(C)c1CCC(=O)O[C@@H](C)C(N)=O. The molecule has 1 heterocycles. The van der Waals surface area contributed by atoms with E-state index in [-0.39, 0.29) is 6.42 Å². The second kappa shape index (κ2) is 7.09. The van der Waals surface area contributed by atoms with E-state index < -0.39 is 18.0 Å². The van der Waals surface area contributed by atoms with Gasteiger partial charge in [-0.05, 0) is 44.9 Å². The van der Waals surface area contributed by atoms with Crippen LogP contribution in [0, 0.1) is 13.8 Å². The van der Waals surface area contributed by atoms with Crippen molar-refractivity contribution < 1.29 is 14.3 Å². The summed E-state index contributed by atoms with van der Waals surface area (Å²) in [6, 6.07) is 9.81. The van der Waals surface area contributed by atoms with E-state index in [1.807, 2.05) is 48.9 Å². The fraction of sp³-hybridized carbons (Fsp3) is 0.353. The molecule has 23 heavy (non-hydrogen) atoms. The Kier molecular flexibility index (Phi) is 5.16. The summed E-state index contributed by atoms with van der Waals surface area (Å²) < 4.78 is 6.83. The van der Waals surface area contributed by atoms with Crippen LogP contribution in [0.25, 0.3) is 5.69 Å². The molecule has 1 aromatic carbocycles. The summed E-state index contributed by atoms with van der Waals surface area (Å²) in [5, 5.41) is 4.54. The predicted octanol–water partition coefficient (Wildman–Crippen LogP) is 1.84. The molecule has 6 heteroatoms. The molecule has 2 rings (SSSR count). The van der Waals surface area contributed by atoms with Gasteiger partial charge < -0.3 is 10.5 Å². The fourth-order valence-electron chi connectivity index (χ4n) is 2.40. The lowest BCUT2D eigenvalue weighted by Gasteiger charge is -2.09. The van der Waals surface area contributed by atoms with Crippen LogP contribution in [-0.2, 0) is 20.7 Å². The number of esters is 1. The molecule has 0 bridgehead atoms. The first-order chi connectivity index (χ1) is 10.9. The van der Waals surface area contributed by atoms with Crippen molar-refractivity contribution in [2.24, 2.45) is 5.73 Å². The van der Waals surface area contributed by atoms with Crippen LogP contribution < -0.4 is 5.73 Å². The first kappa shape index (κ1) is 16.7. The molecule has 0 aliphatic rings. The van der Waals surface area contributed by atoms with Crippen LogP contribution in [0.1, 0.15) is 30.3 Å². The van der Waals surface area contributed by atoms with E-state index in [1.165, 1.54) is 6.92 Å². The molecule has 1 aromatic heterocycles. The number of ether oxygens (including phenoxy) is 1. The lowest BCUT2D eigenvalue weighted by Crippen LogP contribution is -2.30. The van der Waals surface area contributed by atoms with E-state index in [2.05, 4.69) is 5.10 Å². The number of aryl methyl sites for hydroxylation is 1. The molecule has 0 saturated heterocycles. The number of carbonyl (C=O) groups is 2. The molecular formula is C17H21N3O3. The van der Waals surface area contributed by atoms with Gasteiger partial charge in [-0.25, -0.2) is 4.68 Å². The number of hydrogen-bond donors (Lipinski definition) is 1. The van der Waals surface area contributed by atoms with E-state index in [0.29, 0.717) is 6.42 Å². The molecule has 0 fully saturated rings. The van der Waals surface area contributed by atoms with Crippen LogP contribution in [0.3, 0.4) is 0 Å². The molecule has 2 N–H and O–H groups in total. The number of para-hydroxylation sites is 1. The Labute approximate surface area is 135 Å². The highest BCUT2D eigenvalue weighted by molar-refractivity contribution is 5.81. The predicted molar refractivity (Wildman–Crippen MR) is 86.1 cm³/mol. The molecule has 122 valence electrons. The molecule has 1 amide bonds. The van der Waals surface area contributed by atoms with E-state index in [4.69, 9.17) is 10.5 Å². The maximum absolute atomic E-state index is 11.8. The van der Waals surface area contributed by atoms with Crippen molar-refractivity contribution in [3.8, 4) is 5.69 Å². The lowest BCUT2D eigenvalue weighted by molar-refractivity contribution is -0.153. The minimum atomic E-state index is -0.906. The van der Waals surface area contributed by atoms with Crippen molar-refractivity contribution in [3.63, 3.8) is 0 Å². The summed E-state index contributed by atoms with van der Waals surface area (Å²) in [7, 11) is 0. The zero-order valence-corrected chi connectivity index (χ0v) is 13.6. The van der Waals surface area contributed by atoms with Gasteiger partial charge in [-0.2, -0.15) is 5.10 Å². The summed E-state index contributed by atoms with van der Waals surface area (Å²) in [6.07, 6.45) is -0.217. The van der Waals surface area contributed by atoms with Gasteiger partial charge in [0.2, 0.25) is 0 Å². The van der Waals surface area contributed by atoms with Crippen LogP contribution in [0.15, 0.2) is 30.3 Å². The standard InChI is InChI=1S/C17H21N3O3/c1-11-15(9-10-16(21)23-13(3)17(18)22)12(2)20(19-11)14-7-5-4-6-8-14/h4-8,13H,9-10H2,1-3H3,(H2,18,22)/t13-/m0/s1. The quantitative estimate of drug-likeness (QED) is 0.824. The average molecular weight is 315 g/mol. The summed E-state index contributed by atoms with van der Waals surface area (Å²) in [4.78, 5) is 22.7. The Morgan fingerprint density at radius 2 is 1.91 bits per heavy atom. The number of primary amides is 1. The highest BCUT2D eigenvalue weighted by atomic mass is 16.5. The van der Waals surface area contributed by atoms with Crippen LogP contribution in [0.4, 0.5) is 0 Å². The minimum Gasteiger partial charge on any atom is -0.453 e. The zero-order chi connectivity index (χ0) is 17.0. The Balaban J connectivity index is 2.08. The number of hydrogen-bond acceptors (Lipinski definition) is 4. The number of aromatic nitrogens is 2. The number of benzene rings is 1. The number of carbonyl (C=O) groups excluding carboxylic acids is 2. The van der Waals surface area contributed by atoms with Crippen LogP contribution in [-0.4, -0.2) is 27.8 Å². The molecule has 0 aliphatic heterocycles.